The zero-order valence-corrected chi connectivity index (χ0v) is 14.8. The summed E-state index contributed by atoms with van der Waals surface area (Å²) in [5.74, 6) is 1.00. The fraction of sp³-hybridized carbons (Fsp3) is 0.632. The van der Waals surface area contributed by atoms with Gasteiger partial charge in [0.2, 0.25) is 0 Å². The Labute approximate surface area is 148 Å². The highest BCUT2D eigenvalue weighted by molar-refractivity contribution is 5.94. The maximum absolute atomic E-state index is 14.0. The van der Waals surface area contributed by atoms with Crippen molar-refractivity contribution in [3.63, 3.8) is 0 Å². The molecule has 1 N–H and O–H groups in total. The lowest BCUT2D eigenvalue weighted by atomic mass is 9.92. The Hall–Kier alpha value is -1.50. The fourth-order valence-corrected chi connectivity index (χ4v) is 3.75. The van der Waals surface area contributed by atoms with Crippen LogP contribution in [0.5, 0.6) is 0 Å². The van der Waals surface area contributed by atoms with Gasteiger partial charge in [-0.2, -0.15) is 0 Å². The summed E-state index contributed by atoms with van der Waals surface area (Å²) < 4.78 is 24.3. The molecule has 6 heteroatoms. The minimum absolute atomic E-state index is 0.00826. The van der Waals surface area contributed by atoms with Crippen molar-refractivity contribution in [3.8, 4) is 0 Å². The molecule has 2 aliphatic heterocycles. The fourth-order valence-electron chi connectivity index (χ4n) is 3.75. The number of nitrogens with one attached hydrogen (secondary N) is 1. The van der Waals surface area contributed by atoms with E-state index < -0.39 is 0 Å². The van der Waals surface area contributed by atoms with Crippen molar-refractivity contribution in [2.75, 3.05) is 46.5 Å². The first-order chi connectivity index (χ1) is 12.2. The molecule has 2 atom stereocenters. The first kappa shape index (κ1) is 18.3. The van der Waals surface area contributed by atoms with Crippen LogP contribution in [0.15, 0.2) is 18.2 Å². The highest BCUT2D eigenvalue weighted by Gasteiger charge is 2.31. The van der Waals surface area contributed by atoms with Gasteiger partial charge in [0.05, 0.1) is 19.8 Å². The van der Waals surface area contributed by atoms with Crippen LogP contribution < -0.4 is 5.32 Å². The second kappa shape index (κ2) is 8.74. The van der Waals surface area contributed by atoms with Crippen LogP contribution in [0.1, 0.15) is 28.8 Å². The van der Waals surface area contributed by atoms with Crippen molar-refractivity contribution < 1.29 is 18.7 Å². The third-order valence-corrected chi connectivity index (χ3v) is 5.29. The quantitative estimate of drug-likeness (QED) is 0.798. The van der Waals surface area contributed by atoms with Crippen LogP contribution in [0.3, 0.4) is 0 Å². The van der Waals surface area contributed by atoms with Crippen molar-refractivity contribution >= 4 is 5.91 Å². The molecule has 0 aliphatic carbocycles. The molecule has 2 saturated heterocycles. The predicted octanol–water partition coefficient (Wildman–Crippen LogP) is 2.06. The number of benzene rings is 1. The zero-order chi connectivity index (χ0) is 17.6. The maximum atomic E-state index is 14.0. The molecular formula is C19H27FN2O3. The molecule has 0 saturated carbocycles. The van der Waals surface area contributed by atoms with Gasteiger partial charge in [0.1, 0.15) is 5.82 Å². The van der Waals surface area contributed by atoms with Crippen molar-refractivity contribution in [3.05, 3.63) is 35.1 Å². The number of carbonyl (C=O) groups excluding carboxylic acids is 1. The average Bonchev–Trinajstić information content (AvgIpc) is 2.98. The van der Waals surface area contributed by atoms with E-state index in [4.69, 9.17) is 9.47 Å². The molecule has 3 rings (SSSR count). The largest absolute Gasteiger partial charge is 0.382 e. The summed E-state index contributed by atoms with van der Waals surface area (Å²) in [5.41, 5.74) is 0.953. The molecule has 1 aromatic carbocycles. The summed E-state index contributed by atoms with van der Waals surface area (Å²) in [6, 6.07) is 4.56. The Bertz CT molecular complexity index is 582. The van der Waals surface area contributed by atoms with Gasteiger partial charge in [0.15, 0.2) is 0 Å². The monoisotopic (exact) mass is 350 g/mol. The van der Waals surface area contributed by atoms with E-state index >= 15 is 0 Å². The van der Waals surface area contributed by atoms with E-state index in [0.29, 0.717) is 36.2 Å². The third kappa shape index (κ3) is 4.57. The number of amides is 1. The summed E-state index contributed by atoms with van der Waals surface area (Å²) in [6.45, 7) is 4.68. The number of hydrogen-bond donors (Lipinski definition) is 1. The highest BCUT2D eigenvalue weighted by atomic mass is 19.1. The van der Waals surface area contributed by atoms with E-state index in [-0.39, 0.29) is 18.3 Å². The molecule has 1 amide bonds. The van der Waals surface area contributed by atoms with E-state index in [1.807, 2.05) is 4.90 Å². The van der Waals surface area contributed by atoms with Crippen molar-refractivity contribution in [2.45, 2.75) is 19.4 Å². The predicted molar refractivity (Wildman–Crippen MR) is 92.9 cm³/mol. The molecule has 25 heavy (non-hydrogen) atoms. The number of carbonyl (C=O) groups is 1. The van der Waals surface area contributed by atoms with Gasteiger partial charge in [-0.15, -0.1) is 0 Å². The summed E-state index contributed by atoms with van der Waals surface area (Å²) >= 11 is 0. The van der Waals surface area contributed by atoms with Gasteiger partial charge in [0, 0.05) is 31.3 Å². The number of halogens is 1. The number of methoxy groups -OCH3 is 1. The number of hydrogen-bond acceptors (Lipinski definition) is 4. The number of likely N-dealkylation sites (tertiary alicyclic amines) is 1. The van der Waals surface area contributed by atoms with Gasteiger partial charge in [-0.1, -0.05) is 0 Å². The maximum Gasteiger partial charge on any atom is 0.253 e. The molecule has 5 nitrogen and oxygen atoms in total. The highest BCUT2D eigenvalue weighted by Crippen LogP contribution is 2.27. The molecule has 0 aromatic heterocycles. The average molecular weight is 350 g/mol. The SMILES string of the molecule is COCCOCc1cc(C(=O)N2CC[C@@H]3CNC[C@@H]3CC2)ccc1F. The molecule has 2 fully saturated rings. The van der Waals surface area contributed by atoms with E-state index in [1.165, 1.54) is 6.07 Å². The zero-order valence-electron chi connectivity index (χ0n) is 14.8. The van der Waals surface area contributed by atoms with Crippen LogP contribution in [0.2, 0.25) is 0 Å². The molecule has 2 heterocycles. The standard InChI is InChI=1S/C19H27FN2O3/c1-24-8-9-25-13-17-10-14(2-3-18(17)20)19(23)22-6-4-15-11-21-12-16(15)5-7-22/h2-3,10,15-16,21H,4-9,11-13H2,1H3/t15-,16+. The number of rotatable bonds is 6. The lowest BCUT2D eigenvalue weighted by molar-refractivity contribution is 0.0603. The van der Waals surface area contributed by atoms with Crippen molar-refractivity contribution in [2.24, 2.45) is 11.8 Å². The third-order valence-electron chi connectivity index (χ3n) is 5.29. The van der Waals surface area contributed by atoms with Gasteiger partial charge >= 0.3 is 0 Å². The number of nitrogens with zero attached hydrogens (tertiary/aromatic N) is 1. The molecule has 2 aliphatic rings. The second-order valence-electron chi connectivity index (χ2n) is 6.90. The Morgan fingerprint density at radius 3 is 2.64 bits per heavy atom. The normalized spacial score (nSPS) is 23.4. The minimum Gasteiger partial charge on any atom is -0.382 e. The summed E-state index contributed by atoms with van der Waals surface area (Å²) in [7, 11) is 1.59. The van der Waals surface area contributed by atoms with Gasteiger partial charge in [-0.3, -0.25) is 4.79 Å². The first-order valence-corrected chi connectivity index (χ1v) is 9.04. The summed E-state index contributed by atoms with van der Waals surface area (Å²) in [4.78, 5) is 14.8. The Morgan fingerprint density at radius 1 is 1.24 bits per heavy atom. The van der Waals surface area contributed by atoms with Crippen LogP contribution in [-0.4, -0.2) is 57.3 Å². The van der Waals surface area contributed by atoms with Crippen molar-refractivity contribution in [1.82, 2.24) is 10.2 Å². The van der Waals surface area contributed by atoms with Gasteiger partial charge in [0.25, 0.3) is 5.91 Å². The molecule has 1 aromatic rings. The van der Waals surface area contributed by atoms with Crippen LogP contribution in [0.4, 0.5) is 4.39 Å². The van der Waals surface area contributed by atoms with Gasteiger partial charge < -0.3 is 19.7 Å². The Morgan fingerprint density at radius 2 is 1.96 bits per heavy atom. The summed E-state index contributed by atoms with van der Waals surface area (Å²) in [5, 5.41) is 3.44. The number of ether oxygens (including phenoxy) is 2. The number of fused-ring (bicyclic) bond motifs is 1. The smallest absolute Gasteiger partial charge is 0.253 e. The topological polar surface area (TPSA) is 50.8 Å². The van der Waals surface area contributed by atoms with Gasteiger partial charge in [-0.05, 0) is 56.0 Å². The first-order valence-electron chi connectivity index (χ1n) is 9.04. The van der Waals surface area contributed by atoms with E-state index in [0.717, 1.165) is 39.0 Å². The molecule has 0 bridgehead atoms. The van der Waals surface area contributed by atoms with Gasteiger partial charge in [-0.25, -0.2) is 4.39 Å². The van der Waals surface area contributed by atoms with E-state index in [9.17, 15) is 9.18 Å². The molecular weight excluding hydrogens is 323 g/mol. The van der Waals surface area contributed by atoms with Crippen LogP contribution in [-0.2, 0) is 16.1 Å². The second-order valence-corrected chi connectivity index (χ2v) is 6.90. The molecule has 0 unspecified atom stereocenters. The Balaban J connectivity index is 1.63. The van der Waals surface area contributed by atoms with Crippen molar-refractivity contribution in [1.29, 1.82) is 0 Å². The summed E-state index contributed by atoms with van der Waals surface area (Å²) in [6.07, 6.45) is 2.08. The van der Waals surface area contributed by atoms with E-state index in [1.54, 1.807) is 19.2 Å². The Kier molecular flexibility index (Phi) is 6.39. The van der Waals surface area contributed by atoms with E-state index in [2.05, 4.69) is 5.32 Å². The molecule has 138 valence electrons. The lowest BCUT2D eigenvalue weighted by Crippen LogP contribution is -2.32. The molecule has 0 spiro atoms. The van der Waals surface area contributed by atoms with Crippen LogP contribution in [0, 0.1) is 17.7 Å². The van der Waals surface area contributed by atoms with Crippen LogP contribution >= 0.6 is 0 Å². The minimum atomic E-state index is -0.342. The lowest BCUT2D eigenvalue weighted by Gasteiger charge is -2.21. The molecule has 0 radical (unpaired) electrons. The van der Waals surface area contributed by atoms with Crippen LogP contribution in [0.25, 0.3) is 0 Å².